The van der Waals surface area contributed by atoms with E-state index in [4.69, 9.17) is 0 Å². The summed E-state index contributed by atoms with van der Waals surface area (Å²) in [6.45, 7) is 3.59. The van der Waals surface area contributed by atoms with E-state index in [1.165, 1.54) is 11.3 Å². The van der Waals surface area contributed by atoms with Crippen LogP contribution in [0.15, 0.2) is 18.2 Å². The quantitative estimate of drug-likeness (QED) is 0.917. The molecule has 1 aromatic carbocycles. The average Bonchev–Trinajstić information content (AvgIpc) is 2.58. The van der Waals surface area contributed by atoms with Crippen LogP contribution in [0.2, 0.25) is 0 Å². The smallest absolute Gasteiger partial charge is 0.234 e. The molecule has 1 N–H and O–H groups in total. The maximum atomic E-state index is 11.4. The van der Waals surface area contributed by atoms with Crippen molar-refractivity contribution in [1.82, 2.24) is 4.98 Å². The first-order valence-corrected chi connectivity index (χ1v) is 7.35. The SMILES string of the molecule is CCS(=O)(=O)Nc1nc2ccc(C)cc2s1. The number of hydrogen-bond donors (Lipinski definition) is 1. The molecular formula is C10H12N2O2S2. The molecule has 2 rings (SSSR count). The van der Waals surface area contributed by atoms with Gasteiger partial charge in [0.05, 0.1) is 16.0 Å². The van der Waals surface area contributed by atoms with Gasteiger partial charge in [0.15, 0.2) is 5.13 Å². The third-order valence-corrected chi connectivity index (χ3v) is 4.49. The van der Waals surface area contributed by atoms with E-state index in [9.17, 15) is 8.42 Å². The molecule has 0 aliphatic heterocycles. The Hall–Kier alpha value is -1.14. The van der Waals surface area contributed by atoms with Crippen molar-refractivity contribution in [3.63, 3.8) is 0 Å². The van der Waals surface area contributed by atoms with Gasteiger partial charge in [0.1, 0.15) is 0 Å². The van der Waals surface area contributed by atoms with Crippen LogP contribution in [0.1, 0.15) is 12.5 Å². The van der Waals surface area contributed by atoms with Gasteiger partial charge in [-0.05, 0) is 31.5 Å². The van der Waals surface area contributed by atoms with Crippen molar-refractivity contribution in [2.75, 3.05) is 10.5 Å². The number of anilines is 1. The van der Waals surface area contributed by atoms with Crippen molar-refractivity contribution in [3.05, 3.63) is 23.8 Å². The molecule has 0 unspecified atom stereocenters. The summed E-state index contributed by atoms with van der Waals surface area (Å²) in [5.74, 6) is 0.0575. The highest BCUT2D eigenvalue weighted by molar-refractivity contribution is 7.92. The third-order valence-electron chi connectivity index (χ3n) is 2.17. The van der Waals surface area contributed by atoms with Gasteiger partial charge in [0.25, 0.3) is 0 Å². The monoisotopic (exact) mass is 256 g/mol. The molecule has 0 radical (unpaired) electrons. The molecule has 0 saturated carbocycles. The van der Waals surface area contributed by atoms with Crippen LogP contribution in [0, 0.1) is 6.92 Å². The molecule has 16 heavy (non-hydrogen) atoms. The van der Waals surface area contributed by atoms with Crippen LogP contribution in [0.25, 0.3) is 10.2 Å². The van der Waals surface area contributed by atoms with Gasteiger partial charge in [-0.3, -0.25) is 4.72 Å². The van der Waals surface area contributed by atoms with E-state index < -0.39 is 10.0 Å². The Morgan fingerprint density at radius 3 is 2.88 bits per heavy atom. The predicted molar refractivity (Wildman–Crippen MR) is 67.4 cm³/mol. The van der Waals surface area contributed by atoms with Gasteiger partial charge < -0.3 is 0 Å². The fraction of sp³-hybridized carbons (Fsp3) is 0.300. The summed E-state index contributed by atoms with van der Waals surface area (Å²) in [5.41, 5.74) is 1.96. The van der Waals surface area contributed by atoms with Crippen molar-refractivity contribution in [1.29, 1.82) is 0 Å². The van der Waals surface area contributed by atoms with Gasteiger partial charge in [0.2, 0.25) is 10.0 Å². The van der Waals surface area contributed by atoms with Crippen molar-refractivity contribution in [3.8, 4) is 0 Å². The molecule has 0 amide bonds. The van der Waals surface area contributed by atoms with E-state index in [1.807, 2.05) is 25.1 Å². The number of aryl methyl sites for hydroxylation is 1. The Morgan fingerprint density at radius 2 is 2.19 bits per heavy atom. The van der Waals surface area contributed by atoms with Gasteiger partial charge in [-0.15, -0.1) is 0 Å². The van der Waals surface area contributed by atoms with Gasteiger partial charge in [0, 0.05) is 0 Å². The molecule has 1 heterocycles. The number of aromatic nitrogens is 1. The number of thiazole rings is 1. The summed E-state index contributed by atoms with van der Waals surface area (Å²) in [6, 6.07) is 5.85. The molecule has 4 nitrogen and oxygen atoms in total. The molecule has 0 aliphatic carbocycles. The van der Waals surface area contributed by atoms with Crippen LogP contribution in [-0.2, 0) is 10.0 Å². The van der Waals surface area contributed by atoms with E-state index in [-0.39, 0.29) is 5.75 Å². The Morgan fingerprint density at radius 1 is 1.44 bits per heavy atom. The van der Waals surface area contributed by atoms with Crippen molar-refractivity contribution in [2.24, 2.45) is 0 Å². The molecule has 1 aromatic heterocycles. The average molecular weight is 256 g/mol. The minimum atomic E-state index is -3.23. The summed E-state index contributed by atoms with van der Waals surface area (Å²) in [5, 5.41) is 0.433. The van der Waals surface area contributed by atoms with E-state index in [1.54, 1.807) is 6.92 Å². The first-order chi connectivity index (χ1) is 7.50. The first kappa shape index (κ1) is 11.3. The van der Waals surface area contributed by atoms with Crippen molar-refractivity contribution < 1.29 is 8.42 Å². The molecule has 0 fully saturated rings. The second kappa shape index (κ2) is 4.03. The van der Waals surface area contributed by atoms with Gasteiger partial charge in [-0.25, -0.2) is 13.4 Å². The molecule has 6 heteroatoms. The van der Waals surface area contributed by atoms with Crippen LogP contribution in [0.3, 0.4) is 0 Å². The van der Waals surface area contributed by atoms with Crippen molar-refractivity contribution >= 4 is 36.7 Å². The summed E-state index contributed by atoms with van der Waals surface area (Å²) < 4.78 is 26.2. The topological polar surface area (TPSA) is 59.1 Å². The van der Waals surface area contributed by atoms with Gasteiger partial charge in [-0.1, -0.05) is 17.4 Å². The maximum absolute atomic E-state index is 11.4. The van der Waals surface area contributed by atoms with Crippen molar-refractivity contribution in [2.45, 2.75) is 13.8 Å². The first-order valence-electron chi connectivity index (χ1n) is 4.88. The summed E-state index contributed by atoms with van der Waals surface area (Å²) in [6.07, 6.45) is 0. The lowest BCUT2D eigenvalue weighted by Gasteiger charge is -1.99. The molecular weight excluding hydrogens is 244 g/mol. The fourth-order valence-corrected chi connectivity index (χ4v) is 3.10. The Balaban J connectivity index is 2.40. The summed E-state index contributed by atoms with van der Waals surface area (Å²) in [7, 11) is -3.23. The lowest BCUT2D eigenvalue weighted by Crippen LogP contribution is -2.14. The van der Waals surface area contributed by atoms with Crippen LogP contribution in [-0.4, -0.2) is 19.2 Å². The number of benzene rings is 1. The highest BCUT2D eigenvalue weighted by Crippen LogP contribution is 2.27. The highest BCUT2D eigenvalue weighted by atomic mass is 32.2. The fourth-order valence-electron chi connectivity index (χ4n) is 1.28. The number of nitrogens with zero attached hydrogens (tertiary/aromatic N) is 1. The summed E-state index contributed by atoms with van der Waals surface area (Å²) >= 11 is 1.35. The van der Waals surface area contributed by atoms with Crippen LogP contribution in [0.5, 0.6) is 0 Å². The Kier molecular flexibility index (Phi) is 2.86. The minimum absolute atomic E-state index is 0.0575. The second-order valence-electron chi connectivity index (χ2n) is 3.50. The van der Waals surface area contributed by atoms with E-state index in [2.05, 4.69) is 9.71 Å². The minimum Gasteiger partial charge on any atom is -0.259 e. The molecule has 0 bridgehead atoms. The maximum Gasteiger partial charge on any atom is 0.234 e. The van der Waals surface area contributed by atoms with E-state index >= 15 is 0 Å². The molecule has 2 aromatic rings. The normalized spacial score (nSPS) is 11.9. The lowest BCUT2D eigenvalue weighted by atomic mass is 10.2. The number of fused-ring (bicyclic) bond motifs is 1. The van der Waals surface area contributed by atoms with Crippen LogP contribution < -0.4 is 4.72 Å². The predicted octanol–water partition coefficient (Wildman–Crippen LogP) is 2.37. The van der Waals surface area contributed by atoms with E-state index in [0.29, 0.717) is 5.13 Å². The largest absolute Gasteiger partial charge is 0.259 e. The van der Waals surface area contributed by atoms with Crippen LogP contribution >= 0.6 is 11.3 Å². The molecule has 0 spiro atoms. The zero-order valence-corrected chi connectivity index (χ0v) is 10.7. The number of rotatable bonds is 3. The van der Waals surface area contributed by atoms with Gasteiger partial charge in [-0.2, -0.15) is 0 Å². The van der Waals surface area contributed by atoms with Gasteiger partial charge >= 0.3 is 0 Å². The molecule has 0 atom stereocenters. The third kappa shape index (κ3) is 2.33. The molecule has 0 aliphatic rings. The number of sulfonamides is 1. The number of hydrogen-bond acceptors (Lipinski definition) is 4. The second-order valence-corrected chi connectivity index (χ2v) is 6.54. The Bertz CT molecular complexity index is 617. The standard InChI is InChI=1S/C10H12N2O2S2/c1-3-16(13,14)12-10-11-8-5-4-7(2)6-9(8)15-10/h4-6H,3H2,1-2H3,(H,11,12). The molecule has 0 saturated heterocycles. The van der Waals surface area contributed by atoms with E-state index in [0.717, 1.165) is 15.8 Å². The summed E-state index contributed by atoms with van der Waals surface area (Å²) in [4.78, 5) is 4.22. The zero-order valence-electron chi connectivity index (χ0n) is 9.02. The highest BCUT2D eigenvalue weighted by Gasteiger charge is 2.10. The zero-order chi connectivity index (χ0) is 11.8. The lowest BCUT2D eigenvalue weighted by molar-refractivity contribution is 0.602. The Labute approximate surface area is 98.4 Å². The van der Waals surface area contributed by atoms with Crippen LogP contribution in [0.4, 0.5) is 5.13 Å². The molecule has 86 valence electrons. The number of nitrogens with one attached hydrogen (secondary N) is 1.